The van der Waals surface area contributed by atoms with E-state index in [0.29, 0.717) is 13.1 Å². The Hall–Kier alpha value is -2.38. The number of aromatic nitrogens is 1. The number of rotatable bonds is 3. The van der Waals surface area contributed by atoms with E-state index in [1.807, 2.05) is 0 Å². The maximum Gasteiger partial charge on any atom is 0.358 e. The normalized spacial score (nSPS) is 16.3. The van der Waals surface area contributed by atoms with E-state index in [9.17, 15) is 14.4 Å². The van der Waals surface area contributed by atoms with Crippen LogP contribution in [-0.4, -0.2) is 58.0 Å². The number of carboxylic acid groups (broad SMARTS) is 1. The van der Waals surface area contributed by atoms with Crippen molar-refractivity contribution in [3.63, 3.8) is 0 Å². The van der Waals surface area contributed by atoms with E-state index in [2.05, 4.69) is 5.16 Å². The maximum absolute atomic E-state index is 11.6. The maximum atomic E-state index is 11.6. The van der Waals surface area contributed by atoms with Gasteiger partial charge >= 0.3 is 17.8 Å². The SMILES string of the molecule is CN1CCN(Cc2cc(C(=O)O)no2)C(=O)C1=O. The first-order valence-corrected chi connectivity index (χ1v) is 5.22. The monoisotopic (exact) mass is 253 g/mol. The van der Waals surface area contributed by atoms with Crippen molar-refractivity contribution in [2.24, 2.45) is 0 Å². The van der Waals surface area contributed by atoms with Gasteiger partial charge in [-0.25, -0.2) is 4.79 Å². The molecule has 8 nitrogen and oxygen atoms in total. The van der Waals surface area contributed by atoms with Gasteiger partial charge in [0.25, 0.3) is 0 Å². The van der Waals surface area contributed by atoms with Gasteiger partial charge in [0.2, 0.25) is 0 Å². The summed E-state index contributed by atoms with van der Waals surface area (Å²) in [4.78, 5) is 36.3. The van der Waals surface area contributed by atoms with Gasteiger partial charge in [-0.3, -0.25) is 9.59 Å². The Kier molecular flexibility index (Phi) is 3.00. The molecule has 1 aliphatic rings. The quantitative estimate of drug-likeness (QED) is 0.705. The molecule has 1 aliphatic heterocycles. The minimum Gasteiger partial charge on any atom is -0.476 e. The second-order valence-corrected chi connectivity index (χ2v) is 3.94. The van der Waals surface area contributed by atoms with Crippen molar-refractivity contribution in [1.29, 1.82) is 0 Å². The van der Waals surface area contributed by atoms with Crippen molar-refractivity contribution in [1.82, 2.24) is 15.0 Å². The van der Waals surface area contributed by atoms with Crippen LogP contribution in [0.3, 0.4) is 0 Å². The van der Waals surface area contributed by atoms with Crippen LogP contribution >= 0.6 is 0 Å². The van der Waals surface area contributed by atoms with Crippen LogP contribution in [0.4, 0.5) is 0 Å². The van der Waals surface area contributed by atoms with Crippen LogP contribution in [0.2, 0.25) is 0 Å². The summed E-state index contributed by atoms with van der Waals surface area (Å²) >= 11 is 0. The average Bonchev–Trinajstić information content (AvgIpc) is 2.79. The Morgan fingerprint density at radius 2 is 2.17 bits per heavy atom. The van der Waals surface area contributed by atoms with Crippen LogP contribution in [0.25, 0.3) is 0 Å². The molecule has 1 aromatic heterocycles. The zero-order chi connectivity index (χ0) is 13.3. The lowest BCUT2D eigenvalue weighted by molar-refractivity contribution is -0.155. The number of likely N-dealkylation sites (N-methyl/N-ethyl adjacent to an activating group) is 1. The fourth-order valence-corrected chi connectivity index (χ4v) is 1.60. The molecule has 18 heavy (non-hydrogen) atoms. The van der Waals surface area contributed by atoms with Gasteiger partial charge in [-0.2, -0.15) is 0 Å². The molecule has 1 saturated heterocycles. The molecular weight excluding hydrogens is 242 g/mol. The third-order valence-electron chi connectivity index (χ3n) is 2.65. The van der Waals surface area contributed by atoms with Crippen molar-refractivity contribution in [3.05, 3.63) is 17.5 Å². The van der Waals surface area contributed by atoms with Gasteiger partial charge in [0.15, 0.2) is 11.5 Å². The highest BCUT2D eigenvalue weighted by molar-refractivity contribution is 6.35. The first-order valence-electron chi connectivity index (χ1n) is 5.22. The Morgan fingerprint density at radius 1 is 1.44 bits per heavy atom. The van der Waals surface area contributed by atoms with Crippen LogP contribution in [0.1, 0.15) is 16.2 Å². The second kappa shape index (κ2) is 4.47. The zero-order valence-electron chi connectivity index (χ0n) is 9.62. The topological polar surface area (TPSA) is 104 Å². The number of hydrogen-bond donors (Lipinski definition) is 1. The molecule has 2 rings (SSSR count). The number of amides is 2. The van der Waals surface area contributed by atoms with Crippen molar-refractivity contribution in [3.8, 4) is 0 Å². The van der Waals surface area contributed by atoms with Gasteiger partial charge in [0.05, 0.1) is 6.54 Å². The molecule has 96 valence electrons. The fourth-order valence-electron chi connectivity index (χ4n) is 1.60. The summed E-state index contributed by atoms with van der Waals surface area (Å²) < 4.78 is 4.79. The molecule has 0 bridgehead atoms. The molecule has 1 N–H and O–H groups in total. The highest BCUT2D eigenvalue weighted by Gasteiger charge is 2.31. The van der Waals surface area contributed by atoms with E-state index < -0.39 is 17.8 Å². The predicted octanol–water partition coefficient (Wildman–Crippen LogP) is -0.827. The summed E-state index contributed by atoms with van der Waals surface area (Å²) in [6.07, 6.45) is 0. The number of carbonyl (C=O) groups is 3. The molecule has 0 spiro atoms. The lowest BCUT2D eigenvalue weighted by Gasteiger charge is -2.30. The molecular formula is C10H11N3O5. The number of hydrogen-bond acceptors (Lipinski definition) is 5. The summed E-state index contributed by atoms with van der Waals surface area (Å²) in [5.41, 5.74) is -0.224. The highest BCUT2D eigenvalue weighted by atomic mass is 16.5. The summed E-state index contributed by atoms with van der Waals surface area (Å²) in [5.74, 6) is -2.18. The van der Waals surface area contributed by atoms with Crippen molar-refractivity contribution >= 4 is 17.8 Å². The Bertz CT molecular complexity index is 509. The fraction of sp³-hybridized carbons (Fsp3) is 0.400. The van der Waals surface area contributed by atoms with Crippen molar-refractivity contribution < 1.29 is 24.0 Å². The first-order chi connectivity index (χ1) is 8.49. The Balaban J connectivity index is 2.07. The van der Waals surface area contributed by atoms with E-state index in [1.165, 1.54) is 15.9 Å². The van der Waals surface area contributed by atoms with E-state index in [1.54, 1.807) is 7.05 Å². The number of piperazine rings is 1. The van der Waals surface area contributed by atoms with Crippen LogP contribution in [0.15, 0.2) is 10.6 Å². The summed E-state index contributed by atoms with van der Waals surface area (Å²) in [6, 6.07) is 1.23. The van der Waals surface area contributed by atoms with Crippen molar-refractivity contribution in [2.75, 3.05) is 20.1 Å². The molecule has 0 radical (unpaired) electrons. The second-order valence-electron chi connectivity index (χ2n) is 3.94. The third kappa shape index (κ3) is 2.17. The largest absolute Gasteiger partial charge is 0.476 e. The number of carboxylic acids is 1. The van der Waals surface area contributed by atoms with Gasteiger partial charge in [-0.05, 0) is 0 Å². The van der Waals surface area contributed by atoms with Gasteiger partial charge in [-0.1, -0.05) is 5.16 Å². The average molecular weight is 253 g/mol. The smallest absolute Gasteiger partial charge is 0.358 e. The van der Waals surface area contributed by atoms with E-state index in [0.717, 1.165) is 0 Å². The van der Waals surface area contributed by atoms with Crippen LogP contribution in [0.5, 0.6) is 0 Å². The van der Waals surface area contributed by atoms with E-state index in [4.69, 9.17) is 9.63 Å². The van der Waals surface area contributed by atoms with E-state index in [-0.39, 0.29) is 18.0 Å². The Morgan fingerprint density at radius 3 is 2.78 bits per heavy atom. The van der Waals surface area contributed by atoms with E-state index >= 15 is 0 Å². The summed E-state index contributed by atoms with van der Waals surface area (Å²) in [5, 5.41) is 12.0. The van der Waals surface area contributed by atoms with Crippen molar-refractivity contribution in [2.45, 2.75) is 6.54 Å². The molecule has 8 heteroatoms. The standard InChI is InChI=1S/C10H11N3O5/c1-12-2-3-13(9(15)8(12)14)5-6-4-7(10(16)17)11-18-6/h4H,2-3,5H2,1H3,(H,16,17). The molecule has 0 aliphatic carbocycles. The minimum absolute atomic E-state index is 0.0404. The minimum atomic E-state index is -1.20. The van der Waals surface area contributed by atoms with Gasteiger partial charge in [0.1, 0.15) is 0 Å². The lowest BCUT2D eigenvalue weighted by atomic mass is 10.2. The first kappa shape index (κ1) is 12.1. The molecule has 0 atom stereocenters. The number of aromatic carboxylic acids is 1. The lowest BCUT2D eigenvalue weighted by Crippen LogP contribution is -2.52. The van der Waals surface area contributed by atoms with Crippen LogP contribution in [0, 0.1) is 0 Å². The van der Waals surface area contributed by atoms with Gasteiger partial charge < -0.3 is 19.4 Å². The molecule has 1 fully saturated rings. The number of nitrogens with zero attached hydrogens (tertiary/aromatic N) is 3. The summed E-state index contributed by atoms with van der Waals surface area (Å²) in [6.45, 7) is 0.855. The molecule has 2 amide bonds. The molecule has 2 heterocycles. The van der Waals surface area contributed by atoms with Crippen LogP contribution in [-0.2, 0) is 16.1 Å². The molecule has 0 saturated carbocycles. The third-order valence-corrected chi connectivity index (χ3v) is 2.65. The van der Waals surface area contributed by atoms with Crippen LogP contribution < -0.4 is 0 Å². The highest BCUT2D eigenvalue weighted by Crippen LogP contribution is 2.11. The summed E-state index contributed by atoms with van der Waals surface area (Å²) in [7, 11) is 1.55. The predicted molar refractivity (Wildman–Crippen MR) is 56.5 cm³/mol. The Labute approximate surface area is 102 Å². The molecule has 0 aromatic carbocycles. The molecule has 1 aromatic rings. The van der Waals surface area contributed by atoms with Gasteiger partial charge in [-0.15, -0.1) is 0 Å². The van der Waals surface area contributed by atoms with Gasteiger partial charge in [0, 0.05) is 26.2 Å². The number of carbonyl (C=O) groups excluding carboxylic acids is 2. The molecule has 0 unspecified atom stereocenters. The zero-order valence-corrected chi connectivity index (χ0v) is 9.62.